The summed E-state index contributed by atoms with van der Waals surface area (Å²) in [6.45, 7) is 3.69. The van der Waals surface area contributed by atoms with Crippen molar-refractivity contribution in [2.24, 2.45) is 11.7 Å². The minimum Gasteiger partial charge on any atom is -0.490 e. The van der Waals surface area contributed by atoms with Gasteiger partial charge in [-0.3, -0.25) is 4.79 Å². The number of nitrogens with zero attached hydrogens (tertiary/aromatic N) is 1. The third-order valence-electron chi connectivity index (χ3n) is 5.14. The molecule has 0 aromatic heterocycles. The Hall–Kier alpha value is -1.26. The Morgan fingerprint density at radius 3 is 2.42 bits per heavy atom. The van der Waals surface area contributed by atoms with Gasteiger partial charge in [0.25, 0.3) is 0 Å². The van der Waals surface area contributed by atoms with Gasteiger partial charge in [-0.2, -0.15) is 0 Å². The summed E-state index contributed by atoms with van der Waals surface area (Å²) in [4.78, 5) is 14.7. The molecular formula is C19H29ClN2O2. The van der Waals surface area contributed by atoms with Crippen LogP contribution >= 0.6 is 12.4 Å². The Morgan fingerprint density at radius 2 is 1.79 bits per heavy atom. The van der Waals surface area contributed by atoms with Crippen molar-refractivity contribution in [3.8, 4) is 5.75 Å². The fourth-order valence-corrected chi connectivity index (χ4v) is 3.71. The SMILES string of the molecule is Cc1ccc(OC2CCN(C(=O)C3CCCC(N)C3)CC2)cc1.Cl. The second-order valence-electron chi connectivity index (χ2n) is 7.08. The first-order valence-corrected chi connectivity index (χ1v) is 8.89. The van der Waals surface area contributed by atoms with E-state index in [0.717, 1.165) is 57.4 Å². The van der Waals surface area contributed by atoms with E-state index in [1.54, 1.807) is 0 Å². The van der Waals surface area contributed by atoms with E-state index in [4.69, 9.17) is 10.5 Å². The Kier molecular flexibility index (Phi) is 6.93. The summed E-state index contributed by atoms with van der Waals surface area (Å²) in [6, 6.07) is 8.40. The zero-order valence-corrected chi connectivity index (χ0v) is 15.3. The molecule has 1 amide bonds. The maximum absolute atomic E-state index is 12.6. The molecule has 2 unspecified atom stereocenters. The van der Waals surface area contributed by atoms with E-state index in [1.165, 1.54) is 5.56 Å². The van der Waals surface area contributed by atoms with Gasteiger partial charge in [0, 0.05) is 37.9 Å². The van der Waals surface area contributed by atoms with Crippen molar-refractivity contribution in [1.82, 2.24) is 4.90 Å². The Morgan fingerprint density at radius 1 is 1.12 bits per heavy atom. The maximum Gasteiger partial charge on any atom is 0.225 e. The third kappa shape index (κ3) is 4.87. The largest absolute Gasteiger partial charge is 0.490 e. The predicted octanol–water partition coefficient (Wildman–Crippen LogP) is 3.30. The van der Waals surface area contributed by atoms with Crippen molar-refractivity contribution >= 4 is 18.3 Å². The maximum atomic E-state index is 12.6. The standard InChI is InChI=1S/C19H28N2O2.ClH/c1-14-5-7-17(8-6-14)23-18-9-11-21(12-10-18)19(22)15-3-2-4-16(20)13-15;/h5-8,15-16,18H,2-4,9-13,20H2,1H3;1H. The highest BCUT2D eigenvalue weighted by molar-refractivity contribution is 5.85. The highest BCUT2D eigenvalue weighted by Gasteiger charge is 2.31. The van der Waals surface area contributed by atoms with Crippen LogP contribution < -0.4 is 10.5 Å². The normalized spacial score (nSPS) is 25.0. The van der Waals surface area contributed by atoms with Gasteiger partial charge >= 0.3 is 0 Å². The quantitative estimate of drug-likeness (QED) is 0.908. The van der Waals surface area contributed by atoms with Gasteiger partial charge in [0.2, 0.25) is 5.91 Å². The third-order valence-corrected chi connectivity index (χ3v) is 5.14. The zero-order valence-electron chi connectivity index (χ0n) is 14.4. The molecule has 0 spiro atoms. The van der Waals surface area contributed by atoms with Gasteiger partial charge in [-0.05, 0) is 38.3 Å². The van der Waals surface area contributed by atoms with Gasteiger partial charge in [-0.15, -0.1) is 12.4 Å². The first kappa shape index (κ1) is 19.1. The van der Waals surface area contributed by atoms with Gasteiger partial charge in [-0.1, -0.05) is 24.1 Å². The van der Waals surface area contributed by atoms with Crippen LogP contribution in [0.3, 0.4) is 0 Å². The van der Waals surface area contributed by atoms with E-state index in [-0.39, 0.29) is 30.5 Å². The fourth-order valence-electron chi connectivity index (χ4n) is 3.71. The molecule has 3 rings (SSSR count). The lowest BCUT2D eigenvalue weighted by Crippen LogP contribution is -2.46. The number of carbonyl (C=O) groups is 1. The number of piperidine rings is 1. The van der Waals surface area contributed by atoms with E-state index in [9.17, 15) is 4.79 Å². The second kappa shape index (κ2) is 8.72. The zero-order chi connectivity index (χ0) is 16.2. The topological polar surface area (TPSA) is 55.6 Å². The van der Waals surface area contributed by atoms with E-state index in [2.05, 4.69) is 19.1 Å². The molecule has 2 atom stereocenters. The van der Waals surface area contributed by atoms with Crippen LogP contribution in [0.1, 0.15) is 44.1 Å². The lowest BCUT2D eigenvalue weighted by molar-refractivity contribution is -0.138. The second-order valence-corrected chi connectivity index (χ2v) is 7.08. The van der Waals surface area contributed by atoms with E-state index in [0.29, 0.717) is 5.91 Å². The van der Waals surface area contributed by atoms with Crippen molar-refractivity contribution in [2.45, 2.75) is 57.6 Å². The Bertz CT molecular complexity index is 527. The van der Waals surface area contributed by atoms with Crippen LogP contribution in [0, 0.1) is 12.8 Å². The number of carbonyl (C=O) groups excluding carboxylic acids is 1. The molecule has 2 N–H and O–H groups in total. The predicted molar refractivity (Wildman–Crippen MR) is 98.6 cm³/mol. The lowest BCUT2D eigenvalue weighted by atomic mass is 9.85. The average molecular weight is 353 g/mol. The molecule has 1 saturated heterocycles. The molecule has 5 heteroatoms. The molecule has 1 saturated carbocycles. The van der Waals surface area contributed by atoms with E-state index < -0.39 is 0 Å². The van der Waals surface area contributed by atoms with Gasteiger partial charge in [0.05, 0.1) is 0 Å². The van der Waals surface area contributed by atoms with E-state index in [1.807, 2.05) is 17.0 Å². The Labute approximate surface area is 151 Å². The molecule has 4 nitrogen and oxygen atoms in total. The minimum atomic E-state index is 0. The monoisotopic (exact) mass is 352 g/mol. The number of hydrogen-bond acceptors (Lipinski definition) is 3. The highest BCUT2D eigenvalue weighted by atomic mass is 35.5. The van der Waals surface area contributed by atoms with Crippen LogP contribution in [0.15, 0.2) is 24.3 Å². The van der Waals surface area contributed by atoms with Gasteiger partial charge < -0.3 is 15.4 Å². The molecule has 1 aromatic carbocycles. The molecule has 2 fully saturated rings. The molecule has 1 aliphatic carbocycles. The summed E-state index contributed by atoms with van der Waals surface area (Å²) < 4.78 is 6.04. The van der Waals surface area contributed by atoms with Gasteiger partial charge in [0.15, 0.2) is 0 Å². The Balaban J connectivity index is 0.00000208. The first-order chi connectivity index (χ1) is 11.1. The van der Waals surface area contributed by atoms with Gasteiger partial charge in [-0.25, -0.2) is 0 Å². The molecule has 1 aliphatic heterocycles. The lowest BCUT2D eigenvalue weighted by Gasteiger charge is -2.36. The summed E-state index contributed by atoms with van der Waals surface area (Å²) in [6.07, 6.45) is 6.07. The number of aryl methyl sites for hydroxylation is 1. The smallest absolute Gasteiger partial charge is 0.225 e. The number of rotatable bonds is 3. The average Bonchev–Trinajstić information content (AvgIpc) is 2.57. The molecule has 0 radical (unpaired) electrons. The van der Waals surface area contributed by atoms with E-state index >= 15 is 0 Å². The van der Waals surface area contributed by atoms with Gasteiger partial charge in [0.1, 0.15) is 11.9 Å². The molecule has 1 aromatic rings. The summed E-state index contributed by atoms with van der Waals surface area (Å²) in [5, 5.41) is 0. The molecule has 134 valence electrons. The number of nitrogens with two attached hydrogens (primary N) is 1. The van der Waals surface area contributed by atoms with Crippen molar-refractivity contribution in [3.63, 3.8) is 0 Å². The number of ether oxygens (including phenoxy) is 1. The van der Waals surface area contributed by atoms with Crippen LogP contribution in [-0.2, 0) is 4.79 Å². The summed E-state index contributed by atoms with van der Waals surface area (Å²) >= 11 is 0. The number of hydrogen-bond donors (Lipinski definition) is 1. The summed E-state index contributed by atoms with van der Waals surface area (Å²) in [7, 11) is 0. The molecule has 0 bridgehead atoms. The number of likely N-dealkylation sites (tertiary alicyclic amines) is 1. The fraction of sp³-hybridized carbons (Fsp3) is 0.632. The summed E-state index contributed by atoms with van der Waals surface area (Å²) in [5.41, 5.74) is 7.26. The number of halogens is 1. The van der Waals surface area contributed by atoms with Crippen LogP contribution in [0.2, 0.25) is 0 Å². The molecular weight excluding hydrogens is 324 g/mol. The molecule has 24 heavy (non-hydrogen) atoms. The number of amides is 1. The van der Waals surface area contributed by atoms with Crippen LogP contribution in [0.4, 0.5) is 0 Å². The van der Waals surface area contributed by atoms with Crippen molar-refractivity contribution in [1.29, 1.82) is 0 Å². The molecule has 1 heterocycles. The van der Waals surface area contributed by atoms with Crippen molar-refractivity contribution < 1.29 is 9.53 Å². The number of benzene rings is 1. The van der Waals surface area contributed by atoms with Crippen molar-refractivity contribution in [2.75, 3.05) is 13.1 Å². The summed E-state index contributed by atoms with van der Waals surface area (Å²) in [5.74, 6) is 1.39. The molecule has 2 aliphatic rings. The van der Waals surface area contributed by atoms with Crippen LogP contribution in [0.25, 0.3) is 0 Å². The first-order valence-electron chi connectivity index (χ1n) is 8.89. The van der Waals surface area contributed by atoms with Crippen LogP contribution in [0.5, 0.6) is 5.75 Å². The van der Waals surface area contributed by atoms with Crippen LogP contribution in [-0.4, -0.2) is 36.0 Å². The van der Waals surface area contributed by atoms with Crippen molar-refractivity contribution in [3.05, 3.63) is 29.8 Å². The highest BCUT2D eigenvalue weighted by Crippen LogP contribution is 2.27. The minimum absolute atomic E-state index is 0.